The summed E-state index contributed by atoms with van der Waals surface area (Å²) in [5.74, 6) is -0.567. The highest BCUT2D eigenvalue weighted by molar-refractivity contribution is 7.89. The summed E-state index contributed by atoms with van der Waals surface area (Å²) < 4.78 is 46.4. The van der Waals surface area contributed by atoms with Crippen molar-refractivity contribution in [2.24, 2.45) is 0 Å². The molecule has 8 nitrogen and oxygen atoms in total. The van der Waals surface area contributed by atoms with Gasteiger partial charge in [-0.1, -0.05) is 44.7 Å². The van der Waals surface area contributed by atoms with Crippen LogP contribution in [0.3, 0.4) is 0 Å². The molecule has 0 spiro atoms. The van der Waals surface area contributed by atoms with Gasteiger partial charge in [0, 0.05) is 25.6 Å². The normalized spacial score (nSPS) is 16.8. The Morgan fingerprint density at radius 1 is 1.19 bits per heavy atom. The van der Waals surface area contributed by atoms with Crippen LogP contribution in [-0.4, -0.2) is 41.9 Å². The molecule has 1 aliphatic rings. The predicted octanol–water partition coefficient (Wildman–Crippen LogP) is 3.53. The lowest BCUT2D eigenvalue weighted by Gasteiger charge is -2.31. The number of halogens is 1. The molecule has 2 aromatic rings. The van der Waals surface area contributed by atoms with Crippen molar-refractivity contribution in [1.29, 1.82) is 0 Å². The number of hydrogen-bond donors (Lipinski definition) is 1. The molecule has 0 unspecified atom stereocenters. The number of nitrogens with zero attached hydrogens (tertiary/aromatic N) is 3. The Kier molecular flexibility index (Phi) is 7.10. The van der Waals surface area contributed by atoms with Gasteiger partial charge >= 0.3 is 0 Å². The first-order chi connectivity index (χ1) is 14.7. The Balaban J connectivity index is 1.96. The van der Waals surface area contributed by atoms with Crippen LogP contribution in [-0.2, 0) is 15.6 Å². The highest BCUT2D eigenvalue weighted by Gasteiger charge is 2.39. The maximum absolute atomic E-state index is 14.4. The summed E-state index contributed by atoms with van der Waals surface area (Å²) in [6.07, 6.45) is 5.14. The maximum atomic E-state index is 14.4. The van der Waals surface area contributed by atoms with Crippen LogP contribution in [0.15, 0.2) is 27.6 Å². The summed E-state index contributed by atoms with van der Waals surface area (Å²) in [5.41, 5.74) is -0.742. The first-order valence-electron chi connectivity index (χ1n) is 10.7. The summed E-state index contributed by atoms with van der Waals surface area (Å²) >= 11 is 0. The van der Waals surface area contributed by atoms with Crippen LogP contribution in [0.1, 0.15) is 74.4 Å². The minimum atomic E-state index is -4.05. The highest BCUT2D eigenvalue weighted by atomic mass is 32.2. The van der Waals surface area contributed by atoms with Gasteiger partial charge in [0.1, 0.15) is 16.3 Å². The number of hydrogen-bond acceptors (Lipinski definition) is 6. The lowest BCUT2D eigenvalue weighted by atomic mass is 9.88. The number of nitrogens with one attached hydrogen (secondary N) is 1. The molecule has 1 heterocycles. The van der Waals surface area contributed by atoms with Gasteiger partial charge < -0.3 is 9.84 Å². The number of benzene rings is 1. The smallest absolute Gasteiger partial charge is 0.252 e. The van der Waals surface area contributed by atoms with Crippen LogP contribution in [0, 0.1) is 12.7 Å². The van der Waals surface area contributed by atoms with Crippen molar-refractivity contribution in [2.45, 2.75) is 69.7 Å². The van der Waals surface area contributed by atoms with E-state index in [1.54, 1.807) is 20.8 Å². The van der Waals surface area contributed by atoms with Crippen LogP contribution in [0.2, 0.25) is 0 Å². The molecule has 0 bridgehead atoms. The summed E-state index contributed by atoms with van der Waals surface area (Å²) in [6.45, 7) is 5.45. The summed E-state index contributed by atoms with van der Waals surface area (Å²) in [6, 6.07) is 3.41. The predicted molar refractivity (Wildman–Crippen MR) is 112 cm³/mol. The van der Waals surface area contributed by atoms with Gasteiger partial charge in [-0.3, -0.25) is 4.79 Å². The standard InChI is InChI=1S/C21H29FN4O4S/c1-4-26(5-2)31(28,29)18-14-16(10-11-17(18)22)19(27)24-21(12-8-6-7-9-13-21)20-23-15(3)30-25-20/h10-11,14H,4-9,12-13H2,1-3H3,(H,24,27). The zero-order valence-corrected chi connectivity index (χ0v) is 19.0. The van der Waals surface area contributed by atoms with Gasteiger partial charge in [-0.15, -0.1) is 0 Å². The third-order valence-corrected chi connectivity index (χ3v) is 7.85. The fraction of sp³-hybridized carbons (Fsp3) is 0.571. The van der Waals surface area contributed by atoms with E-state index in [9.17, 15) is 17.6 Å². The van der Waals surface area contributed by atoms with Crippen LogP contribution in [0.4, 0.5) is 4.39 Å². The molecule has 1 amide bonds. The number of carbonyl (C=O) groups excluding carboxylic acids is 1. The van der Waals surface area contributed by atoms with E-state index in [0.717, 1.165) is 42.1 Å². The van der Waals surface area contributed by atoms with E-state index < -0.39 is 32.2 Å². The van der Waals surface area contributed by atoms with E-state index in [-0.39, 0.29) is 18.7 Å². The van der Waals surface area contributed by atoms with E-state index in [0.29, 0.717) is 24.6 Å². The Labute approximate surface area is 182 Å². The summed E-state index contributed by atoms with van der Waals surface area (Å²) in [4.78, 5) is 17.0. The van der Waals surface area contributed by atoms with Gasteiger partial charge in [0.15, 0.2) is 5.82 Å². The molecule has 0 aliphatic heterocycles. The van der Waals surface area contributed by atoms with Crippen molar-refractivity contribution >= 4 is 15.9 Å². The maximum Gasteiger partial charge on any atom is 0.252 e. The van der Waals surface area contributed by atoms with Gasteiger partial charge in [-0.05, 0) is 31.0 Å². The third kappa shape index (κ3) is 4.79. The Morgan fingerprint density at radius 2 is 1.84 bits per heavy atom. The third-order valence-electron chi connectivity index (χ3n) is 5.78. The number of rotatable bonds is 7. The van der Waals surface area contributed by atoms with Crippen LogP contribution < -0.4 is 5.32 Å². The second-order valence-corrected chi connectivity index (χ2v) is 9.73. The Hall–Kier alpha value is -2.33. The van der Waals surface area contributed by atoms with Crippen molar-refractivity contribution in [1.82, 2.24) is 19.8 Å². The second kappa shape index (κ2) is 9.44. The summed E-state index contributed by atoms with van der Waals surface area (Å²) in [5, 5.41) is 7.07. The molecule has 3 rings (SSSR count). The fourth-order valence-electron chi connectivity index (χ4n) is 4.06. The molecule has 1 aromatic carbocycles. The number of amides is 1. The number of aromatic nitrogens is 2. The fourth-order valence-corrected chi connectivity index (χ4v) is 5.61. The number of carbonyl (C=O) groups is 1. The average molecular weight is 453 g/mol. The molecule has 1 aliphatic carbocycles. The SMILES string of the molecule is CCN(CC)S(=O)(=O)c1cc(C(=O)NC2(c3noc(C)n3)CCCCCC2)ccc1F. The van der Waals surface area contributed by atoms with Gasteiger partial charge in [-0.25, -0.2) is 12.8 Å². The van der Waals surface area contributed by atoms with Crippen molar-refractivity contribution < 1.29 is 22.1 Å². The topological polar surface area (TPSA) is 105 Å². The molecule has 1 aromatic heterocycles. The molecule has 1 N–H and O–H groups in total. The minimum Gasteiger partial charge on any atom is -0.340 e. The average Bonchev–Trinajstić information content (AvgIpc) is 3.04. The van der Waals surface area contributed by atoms with Gasteiger partial charge in [0.2, 0.25) is 15.9 Å². The van der Waals surface area contributed by atoms with Gasteiger partial charge in [0.05, 0.1) is 0 Å². The molecule has 1 saturated carbocycles. The van der Waals surface area contributed by atoms with E-state index in [4.69, 9.17) is 4.52 Å². The quantitative estimate of drug-likeness (QED) is 0.645. The lowest BCUT2D eigenvalue weighted by molar-refractivity contribution is 0.0876. The first-order valence-corrected chi connectivity index (χ1v) is 12.1. The van der Waals surface area contributed by atoms with Crippen LogP contribution in [0.5, 0.6) is 0 Å². The molecule has 170 valence electrons. The zero-order chi connectivity index (χ0) is 22.6. The lowest BCUT2D eigenvalue weighted by Crippen LogP contribution is -2.46. The first kappa shape index (κ1) is 23.3. The largest absolute Gasteiger partial charge is 0.340 e. The van der Waals surface area contributed by atoms with E-state index >= 15 is 0 Å². The van der Waals surface area contributed by atoms with Crippen molar-refractivity contribution in [3.05, 3.63) is 41.3 Å². The second-order valence-electron chi connectivity index (χ2n) is 7.82. The molecule has 1 fully saturated rings. The van der Waals surface area contributed by atoms with Crippen LogP contribution >= 0.6 is 0 Å². The van der Waals surface area contributed by atoms with E-state index in [2.05, 4.69) is 15.5 Å². The number of sulfonamides is 1. The molecule has 0 saturated heterocycles. The van der Waals surface area contributed by atoms with Gasteiger partial charge in [0.25, 0.3) is 5.91 Å². The van der Waals surface area contributed by atoms with Gasteiger partial charge in [-0.2, -0.15) is 9.29 Å². The summed E-state index contributed by atoms with van der Waals surface area (Å²) in [7, 11) is -4.05. The molecule has 31 heavy (non-hydrogen) atoms. The molecular formula is C21H29FN4O4S. The highest BCUT2D eigenvalue weighted by Crippen LogP contribution is 2.35. The van der Waals surface area contributed by atoms with E-state index in [1.165, 1.54) is 6.07 Å². The van der Waals surface area contributed by atoms with Crippen molar-refractivity contribution in [2.75, 3.05) is 13.1 Å². The monoisotopic (exact) mass is 452 g/mol. The molecule has 0 radical (unpaired) electrons. The molecule has 0 atom stereocenters. The van der Waals surface area contributed by atoms with Crippen molar-refractivity contribution in [3.63, 3.8) is 0 Å². The zero-order valence-electron chi connectivity index (χ0n) is 18.1. The Bertz CT molecular complexity index is 1030. The van der Waals surface area contributed by atoms with E-state index in [1.807, 2.05) is 0 Å². The Morgan fingerprint density at radius 3 is 2.39 bits per heavy atom. The molecule has 10 heteroatoms. The minimum absolute atomic E-state index is 0.0657. The van der Waals surface area contributed by atoms with Crippen molar-refractivity contribution in [3.8, 4) is 0 Å². The molecular weight excluding hydrogens is 423 g/mol. The van der Waals surface area contributed by atoms with Crippen LogP contribution in [0.25, 0.3) is 0 Å². The number of aryl methyl sites for hydroxylation is 1.